The van der Waals surface area contributed by atoms with Gasteiger partial charge in [0.15, 0.2) is 5.82 Å². The Morgan fingerprint density at radius 2 is 2.15 bits per heavy atom. The van der Waals surface area contributed by atoms with Crippen LogP contribution in [0.2, 0.25) is 0 Å². The lowest BCUT2D eigenvalue weighted by atomic mass is 10.1. The van der Waals surface area contributed by atoms with Gasteiger partial charge in [0.2, 0.25) is 5.89 Å². The molecule has 7 nitrogen and oxygen atoms in total. The van der Waals surface area contributed by atoms with Gasteiger partial charge in [0, 0.05) is 13.0 Å². The number of amides is 1. The predicted octanol–water partition coefficient (Wildman–Crippen LogP) is 0.845. The Hall–Kier alpha value is -2.41. The van der Waals surface area contributed by atoms with Crippen molar-refractivity contribution in [2.75, 3.05) is 13.2 Å². The van der Waals surface area contributed by atoms with Crippen LogP contribution in [0.4, 0.5) is 4.79 Å². The first kappa shape index (κ1) is 14.0. The van der Waals surface area contributed by atoms with E-state index in [4.69, 9.17) is 10.3 Å². The molecule has 0 atom stereocenters. The number of hydrogen-bond donors (Lipinski definition) is 2. The highest BCUT2D eigenvalue weighted by Gasteiger charge is 2.06. The number of hydrogen-bond acceptors (Lipinski definition) is 6. The molecule has 20 heavy (non-hydrogen) atoms. The van der Waals surface area contributed by atoms with E-state index in [0.29, 0.717) is 31.2 Å². The molecule has 0 fully saturated rings. The normalized spacial score (nSPS) is 10.4. The Morgan fingerprint density at radius 1 is 1.35 bits per heavy atom. The molecule has 0 aliphatic carbocycles. The minimum Gasteiger partial charge on any atom is -0.448 e. The summed E-state index contributed by atoms with van der Waals surface area (Å²) < 4.78 is 9.68. The summed E-state index contributed by atoms with van der Waals surface area (Å²) in [5, 5.41) is 6.91. The first-order valence-electron chi connectivity index (χ1n) is 6.22. The number of nitrogens with one attached hydrogen (secondary N) is 1. The van der Waals surface area contributed by atoms with E-state index >= 15 is 0 Å². The van der Waals surface area contributed by atoms with Crippen molar-refractivity contribution < 1.29 is 14.1 Å². The molecule has 0 bridgehead atoms. The van der Waals surface area contributed by atoms with Crippen molar-refractivity contribution in [1.29, 1.82) is 0 Å². The molecule has 2 aromatic rings. The van der Waals surface area contributed by atoms with Crippen molar-refractivity contribution in [3.05, 3.63) is 47.6 Å². The molecule has 7 heteroatoms. The number of benzene rings is 1. The zero-order valence-corrected chi connectivity index (χ0v) is 10.9. The summed E-state index contributed by atoms with van der Waals surface area (Å²) in [6.07, 6.45) is -0.149. The summed E-state index contributed by atoms with van der Waals surface area (Å²) in [4.78, 5) is 14.6. The number of nitrogens with zero attached hydrogens (tertiary/aromatic N) is 2. The monoisotopic (exact) mass is 276 g/mol. The molecule has 1 aromatic heterocycles. The van der Waals surface area contributed by atoms with Crippen LogP contribution >= 0.6 is 0 Å². The zero-order chi connectivity index (χ0) is 14.2. The van der Waals surface area contributed by atoms with Crippen molar-refractivity contribution in [1.82, 2.24) is 15.5 Å². The second-order valence-electron chi connectivity index (χ2n) is 4.11. The number of primary amides is 1. The van der Waals surface area contributed by atoms with Gasteiger partial charge in [-0.25, -0.2) is 4.79 Å². The summed E-state index contributed by atoms with van der Waals surface area (Å²) in [7, 11) is 0. The molecule has 0 radical (unpaired) electrons. The molecule has 0 saturated carbocycles. The van der Waals surface area contributed by atoms with E-state index in [0.717, 1.165) is 5.56 Å². The maximum Gasteiger partial charge on any atom is 0.404 e. The molecule has 0 aliphatic rings. The van der Waals surface area contributed by atoms with Crippen LogP contribution in [0.1, 0.15) is 17.3 Å². The van der Waals surface area contributed by atoms with E-state index < -0.39 is 6.09 Å². The topological polar surface area (TPSA) is 103 Å². The maximum atomic E-state index is 10.3. The largest absolute Gasteiger partial charge is 0.448 e. The van der Waals surface area contributed by atoms with E-state index in [2.05, 4.69) is 20.2 Å². The predicted molar refractivity (Wildman–Crippen MR) is 70.8 cm³/mol. The fourth-order valence-corrected chi connectivity index (χ4v) is 1.63. The van der Waals surface area contributed by atoms with E-state index in [1.165, 1.54) is 0 Å². The van der Waals surface area contributed by atoms with Gasteiger partial charge in [-0.1, -0.05) is 35.5 Å². The molecule has 2 rings (SSSR count). The Labute approximate surface area is 116 Å². The fourth-order valence-electron chi connectivity index (χ4n) is 1.63. The first-order valence-corrected chi connectivity index (χ1v) is 6.22. The Bertz CT molecular complexity index is 542. The van der Waals surface area contributed by atoms with Crippen LogP contribution in [0.3, 0.4) is 0 Å². The smallest absolute Gasteiger partial charge is 0.404 e. The minimum absolute atomic E-state index is 0.209. The summed E-state index contributed by atoms with van der Waals surface area (Å²) in [5.41, 5.74) is 5.96. The summed E-state index contributed by atoms with van der Waals surface area (Å²) in [5.74, 6) is 1.14. The van der Waals surface area contributed by atoms with Crippen molar-refractivity contribution in [3.8, 4) is 0 Å². The Morgan fingerprint density at radius 3 is 2.90 bits per heavy atom. The molecule has 106 valence electrons. The highest BCUT2D eigenvalue weighted by Crippen LogP contribution is 2.06. The SMILES string of the molecule is NC(=O)OCCNCc1nc(Cc2ccccc2)no1. The van der Waals surface area contributed by atoms with Crippen molar-refractivity contribution in [3.63, 3.8) is 0 Å². The zero-order valence-electron chi connectivity index (χ0n) is 10.9. The van der Waals surface area contributed by atoms with E-state index in [-0.39, 0.29) is 6.61 Å². The van der Waals surface area contributed by atoms with E-state index in [1.54, 1.807) is 0 Å². The van der Waals surface area contributed by atoms with Crippen LogP contribution < -0.4 is 11.1 Å². The number of carbonyl (C=O) groups is 1. The quantitative estimate of drug-likeness (QED) is 0.726. The van der Waals surface area contributed by atoms with E-state index in [1.807, 2.05) is 30.3 Å². The molecule has 3 N–H and O–H groups in total. The van der Waals surface area contributed by atoms with Crippen LogP contribution in [0.5, 0.6) is 0 Å². The number of ether oxygens (including phenoxy) is 1. The van der Waals surface area contributed by atoms with Gasteiger partial charge < -0.3 is 20.3 Å². The van der Waals surface area contributed by atoms with Crippen LogP contribution in [0.15, 0.2) is 34.9 Å². The lowest BCUT2D eigenvalue weighted by Crippen LogP contribution is -2.23. The van der Waals surface area contributed by atoms with Gasteiger partial charge in [0.1, 0.15) is 6.61 Å². The highest BCUT2D eigenvalue weighted by atomic mass is 16.5. The van der Waals surface area contributed by atoms with Gasteiger partial charge >= 0.3 is 6.09 Å². The molecule has 0 spiro atoms. The molecule has 1 amide bonds. The van der Waals surface area contributed by atoms with Gasteiger partial charge in [-0.3, -0.25) is 0 Å². The minimum atomic E-state index is -0.783. The molecule has 0 aliphatic heterocycles. The van der Waals surface area contributed by atoms with Gasteiger partial charge in [0.05, 0.1) is 6.54 Å². The third kappa shape index (κ3) is 4.69. The molecule has 0 saturated heterocycles. The Balaban J connectivity index is 1.73. The van der Waals surface area contributed by atoms with Crippen LogP contribution in [0.25, 0.3) is 0 Å². The molecular weight excluding hydrogens is 260 g/mol. The number of aromatic nitrogens is 2. The average molecular weight is 276 g/mol. The first-order chi connectivity index (χ1) is 9.74. The van der Waals surface area contributed by atoms with Crippen LogP contribution in [0, 0.1) is 0 Å². The van der Waals surface area contributed by atoms with Gasteiger partial charge in [-0.05, 0) is 5.56 Å². The lowest BCUT2D eigenvalue weighted by Gasteiger charge is -2.01. The second-order valence-corrected chi connectivity index (χ2v) is 4.11. The Kier molecular flexibility index (Phi) is 5.08. The molecular formula is C13H16N4O3. The third-order valence-corrected chi connectivity index (χ3v) is 2.51. The van der Waals surface area contributed by atoms with Crippen LogP contribution in [-0.2, 0) is 17.7 Å². The highest BCUT2D eigenvalue weighted by molar-refractivity contribution is 5.64. The summed E-state index contributed by atoms with van der Waals surface area (Å²) in [6, 6.07) is 9.92. The maximum absolute atomic E-state index is 10.3. The van der Waals surface area contributed by atoms with Crippen molar-refractivity contribution in [2.45, 2.75) is 13.0 Å². The standard InChI is InChI=1S/C13H16N4O3/c14-13(18)19-7-6-15-9-12-16-11(17-20-12)8-10-4-2-1-3-5-10/h1-5,15H,6-9H2,(H2,14,18). The molecule has 0 unspecified atom stereocenters. The van der Waals surface area contributed by atoms with Crippen LogP contribution in [-0.4, -0.2) is 29.4 Å². The lowest BCUT2D eigenvalue weighted by molar-refractivity contribution is 0.157. The van der Waals surface area contributed by atoms with Crippen molar-refractivity contribution in [2.24, 2.45) is 5.73 Å². The summed E-state index contributed by atoms with van der Waals surface area (Å²) in [6.45, 7) is 1.10. The number of rotatable bonds is 7. The average Bonchev–Trinajstić information content (AvgIpc) is 2.87. The fraction of sp³-hybridized carbons (Fsp3) is 0.308. The van der Waals surface area contributed by atoms with Gasteiger partial charge in [-0.2, -0.15) is 4.98 Å². The van der Waals surface area contributed by atoms with E-state index in [9.17, 15) is 4.79 Å². The number of carbonyl (C=O) groups excluding carboxylic acids is 1. The third-order valence-electron chi connectivity index (χ3n) is 2.51. The van der Waals surface area contributed by atoms with Crippen molar-refractivity contribution >= 4 is 6.09 Å². The second kappa shape index (κ2) is 7.25. The van der Waals surface area contributed by atoms with Gasteiger partial charge in [-0.15, -0.1) is 0 Å². The van der Waals surface area contributed by atoms with Gasteiger partial charge in [0.25, 0.3) is 0 Å². The molecule has 1 heterocycles. The molecule has 1 aromatic carbocycles. The number of nitrogens with two attached hydrogens (primary N) is 1. The summed E-state index contributed by atoms with van der Waals surface area (Å²) >= 11 is 0.